The van der Waals surface area contributed by atoms with E-state index in [1.54, 1.807) is 41.3 Å². The minimum Gasteiger partial charge on any atom is -0.404 e. The van der Waals surface area contributed by atoms with E-state index in [1.807, 2.05) is 32.1 Å². The van der Waals surface area contributed by atoms with Gasteiger partial charge in [0, 0.05) is 63.0 Å². The van der Waals surface area contributed by atoms with Crippen LogP contribution in [0.2, 0.25) is 0 Å². The van der Waals surface area contributed by atoms with Gasteiger partial charge in [0.2, 0.25) is 0 Å². The summed E-state index contributed by atoms with van der Waals surface area (Å²) in [6.07, 6.45) is 5.21. The van der Waals surface area contributed by atoms with E-state index in [2.05, 4.69) is 10.2 Å². The van der Waals surface area contributed by atoms with Gasteiger partial charge in [-0.05, 0) is 48.7 Å². The molecule has 0 aromatic heterocycles. The molecular formula is C31H36FN5O3. The third-order valence-corrected chi connectivity index (χ3v) is 7.63. The zero-order valence-electron chi connectivity index (χ0n) is 23.1. The number of nitrogens with zero attached hydrogens (tertiary/aromatic N) is 3. The molecule has 3 N–H and O–H groups in total. The lowest BCUT2D eigenvalue weighted by Crippen LogP contribution is -2.43. The number of anilines is 1. The van der Waals surface area contributed by atoms with Gasteiger partial charge in [0.05, 0.1) is 30.4 Å². The fraction of sp³-hybridized carbons (Fsp3) is 0.387. The summed E-state index contributed by atoms with van der Waals surface area (Å²) in [5, 5.41) is 11.9. The summed E-state index contributed by atoms with van der Waals surface area (Å²) in [6.45, 7) is 8.02. The highest BCUT2D eigenvalue weighted by Crippen LogP contribution is 2.37. The van der Waals surface area contributed by atoms with Crippen molar-refractivity contribution < 1.29 is 18.7 Å². The molecule has 2 heterocycles. The number of piperidine rings is 1. The monoisotopic (exact) mass is 545 g/mol. The molecule has 210 valence electrons. The van der Waals surface area contributed by atoms with E-state index in [9.17, 15) is 9.59 Å². The predicted octanol–water partition coefficient (Wildman–Crippen LogP) is 3.95. The van der Waals surface area contributed by atoms with Crippen LogP contribution in [0.4, 0.5) is 10.1 Å². The molecule has 0 spiro atoms. The molecule has 40 heavy (non-hydrogen) atoms. The summed E-state index contributed by atoms with van der Waals surface area (Å²) in [5.41, 5.74) is 8.11. The molecule has 2 aliphatic rings. The smallest absolute Gasteiger partial charge is 0.257 e. The Labute approximate surface area is 234 Å². The summed E-state index contributed by atoms with van der Waals surface area (Å²) in [6, 6.07) is 12.1. The van der Waals surface area contributed by atoms with E-state index >= 15 is 4.39 Å². The number of amides is 2. The summed E-state index contributed by atoms with van der Waals surface area (Å²) >= 11 is 0. The molecule has 0 unspecified atom stereocenters. The number of carbonyl (C=O) groups is 2. The van der Waals surface area contributed by atoms with Gasteiger partial charge in [-0.2, -0.15) is 5.26 Å². The number of benzene rings is 2. The van der Waals surface area contributed by atoms with Crippen molar-refractivity contribution in [2.24, 2.45) is 5.73 Å². The minimum absolute atomic E-state index is 0.167. The standard InChI is InChI=1S/C31H36FN5O3/c1-22-18-23(2)28(35-29(38)25(21-34)4-3-11-36-14-16-40-17-15-36)19-27(22)30(39)37-12-9-31(32,10-13-37)26-7-5-24(20-33)6-8-26/h3-8,18-19,21H,9-17,34H2,1-2H3,(H,35,38)/b4-3-,25-21+. The van der Waals surface area contributed by atoms with Gasteiger partial charge in [-0.1, -0.05) is 30.4 Å². The molecular weight excluding hydrogens is 509 g/mol. The molecule has 2 aliphatic heterocycles. The van der Waals surface area contributed by atoms with Crippen molar-refractivity contribution in [3.63, 3.8) is 0 Å². The number of rotatable bonds is 7. The molecule has 0 radical (unpaired) electrons. The number of nitrogens with two attached hydrogens (primary N) is 1. The maximum Gasteiger partial charge on any atom is 0.257 e. The number of nitriles is 1. The van der Waals surface area contributed by atoms with Gasteiger partial charge in [-0.3, -0.25) is 14.5 Å². The molecule has 2 aromatic rings. The van der Waals surface area contributed by atoms with Crippen LogP contribution >= 0.6 is 0 Å². The molecule has 0 bridgehead atoms. The Hall–Kier alpha value is -4.00. The van der Waals surface area contributed by atoms with Crippen LogP contribution < -0.4 is 11.1 Å². The lowest BCUT2D eigenvalue weighted by molar-refractivity contribution is -0.112. The third-order valence-electron chi connectivity index (χ3n) is 7.63. The molecule has 9 heteroatoms. The number of morpholine rings is 1. The van der Waals surface area contributed by atoms with Gasteiger partial charge in [-0.25, -0.2) is 4.39 Å². The lowest BCUT2D eigenvalue weighted by atomic mass is 9.85. The normalized spacial score (nSPS) is 17.9. The van der Waals surface area contributed by atoms with Crippen molar-refractivity contribution in [2.75, 3.05) is 51.3 Å². The SMILES string of the molecule is Cc1cc(C)c(C(=O)N2CCC(F)(c3ccc(C#N)cc3)CC2)cc1NC(=O)C(/C=C\CN1CCOCC1)=C/N. The number of nitrogens with one attached hydrogen (secondary N) is 1. The van der Waals surface area contributed by atoms with E-state index in [4.69, 9.17) is 15.7 Å². The summed E-state index contributed by atoms with van der Waals surface area (Å²) < 4.78 is 21.1. The maximum atomic E-state index is 15.7. The average molecular weight is 546 g/mol. The highest BCUT2D eigenvalue weighted by atomic mass is 19.1. The second-order valence-corrected chi connectivity index (χ2v) is 10.3. The predicted molar refractivity (Wildman–Crippen MR) is 152 cm³/mol. The maximum absolute atomic E-state index is 15.7. The number of alkyl halides is 1. The molecule has 0 aliphatic carbocycles. The first kappa shape index (κ1) is 29.0. The molecule has 8 nitrogen and oxygen atoms in total. The number of carbonyl (C=O) groups excluding carboxylic acids is 2. The van der Waals surface area contributed by atoms with E-state index < -0.39 is 5.67 Å². The van der Waals surface area contributed by atoms with Crippen molar-refractivity contribution in [3.05, 3.63) is 88.1 Å². The first-order valence-electron chi connectivity index (χ1n) is 13.5. The fourth-order valence-electron chi connectivity index (χ4n) is 5.10. The second kappa shape index (κ2) is 12.9. The van der Waals surface area contributed by atoms with Crippen LogP contribution in [0.3, 0.4) is 0 Å². The highest BCUT2D eigenvalue weighted by molar-refractivity contribution is 6.07. The molecule has 2 saturated heterocycles. The largest absolute Gasteiger partial charge is 0.404 e. The molecule has 2 aromatic carbocycles. The second-order valence-electron chi connectivity index (χ2n) is 10.3. The summed E-state index contributed by atoms with van der Waals surface area (Å²) in [7, 11) is 0. The van der Waals surface area contributed by atoms with Crippen LogP contribution in [-0.4, -0.2) is 67.6 Å². The zero-order valence-corrected chi connectivity index (χ0v) is 23.1. The lowest BCUT2D eigenvalue weighted by Gasteiger charge is -2.37. The fourth-order valence-corrected chi connectivity index (χ4v) is 5.10. The van der Waals surface area contributed by atoms with E-state index in [0.717, 1.165) is 24.2 Å². The van der Waals surface area contributed by atoms with Gasteiger partial charge in [0.1, 0.15) is 5.67 Å². The number of hydrogen-bond donors (Lipinski definition) is 2. The third kappa shape index (κ3) is 6.76. The number of halogens is 1. The van der Waals surface area contributed by atoms with E-state index in [1.165, 1.54) is 6.20 Å². The van der Waals surface area contributed by atoms with Crippen LogP contribution in [-0.2, 0) is 15.2 Å². The number of ether oxygens (including phenoxy) is 1. The van der Waals surface area contributed by atoms with Gasteiger partial charge >= 0.3 is 0 Å². The van der Waals surface area contributed by atoms with Gasteiger partial charge < -0.3 is 20.7 Å². The molecule has 2 fully saturated rings. The number of aryl methyl sites for hydroxylation is 2. The van der Waals surface area contributed by atoms with Gasteiger partial charge in [-0.15, -0.1) is 0 Å². The van der Waals surface area contributed by atoms with Crippen LogP contribution in [0.1, 0.15) is 45.5 Å². The molecule has 4 rings (SSSR count). The van der Waals surface area contributed by atoms with Crippen molar-refractivity contribution in [1.29, 1.82) is 5.26 Å². The van der Waals surface area contributed by atoms with Crippen molar-refractivity contribution in [3.8, 4) is 6.07 Å². The Morgan fingerprint density at radius 3 is 2.40 bits per heavy atom. The summed E-state index contributed by atoms with van der Waals surface area (Å²) in [4.78, 5) is 30.4. The molecule has 0 atom stereocenters. The van der Waals surface area contributed by atoms with Gasteiger partial charge in [0.15, 0.2) is 0 Å². The van der Waals surface area contributed by atoms with Crippen LogP contribution in [0.25, 0.3) is 0 Å². The Bertz CT molecular complexity index is 1330. The van der Waals surface area contributed by atoms with Crippen LogP contribution in [0.5, 0.6) is 0 Å². The Kier molecular flexibility index (Phi) is 9.35. The van der Waals surface area contributed by atoms with Crippen molar-refractivity contribution in [1.82, 2.24) is 9.80 Å². The summed E-state index contributed by atoms with van der Waals surface area (Å²) in [5.74, 6) is -0.566. The zero-order chi connectivity index (χ0) is 28.7. The van der Waals surface area contributed by atoms with E-state index in [0.29, 0.717) is 47.7 Å². The first-order valence-corrected chi connectivity index (χ1v) is 13.5. The first-order chi connectivity index (χ1) is 19.2. The minimum atomic E-state index is -1.55. The van der Waals surface area contributed by atoms with E-state index in [-0.39, 0.29) is 37.7 Å². The highest BCUT2D eigenvalue weighted by Gasteiger charge is 2.38. The Balaban J connectivity index is 1.41. The van der Waals surface area contributed by atoms with Crippen molar-refractivity contribution in [2.45, 2.75) is 32.4 Å². The van der Waals surface area contributed by atoms with Crippen LogP contribution in [0.15, 0.2) is 60.3 Å². The average Bonchev–Trinajstić information content (AvgIpc) is 2.97. The molecule has 0 saturated carbocycles. The number of hydrogen-bond acceptors (Lipinski definition) is 6. The quantitative estimate of drug-likeness (QED) is 0.403. The van der Waals surface area contributed by atoms with Crippen molar-refractivity contribution >= 4 is 17.5 Å². The van der Waals surface area contributed by atoms with Gasteiger partial charge in [0.25, 0.3) is 11.8 Å². The number of likely N-dealkylation sites (tertiary alicyclic amines) is 1. The topological polar surface area (TPSA) is 112 Å². The van der Waals surface area contributed by atoms with Crippen LogP contribution in [0, 0.1) is 25.2 Å². The molecule has 2 amide bonds. The Morgan fingerprint density at radius 2 is 1.77 bits per heavy atom. The Morgan fingerprint density at radius 1 is 1.10 bits per heavy atom.